The van der Waals surface area contributed by atoms with Gasteiger partial charge in [0.05, 0.1) is 19.8 Å². The summed E-state index contributed by atoms with van der Waals surface area (Å²) in [6, 6.07) is 0. The molecule has 0 rings (SSSR count). The first-order valence-corrected chi connectivity index (χ1v) is 20.7. The molecule has 0 aliphatic heterocycles. The van der Waals surface area contributed by atoms with Crippen molar-refractivity contribution in [3.8, 4) is 0 Å². The van der Waals surface area contributed by atoms with Crippen molar-refractivity contribution in [3.63, 3.8) is 0 Å². The third kappa shape index (κ3) is 35.8. The summed E-state index contributed by atoms with van der Waals surface area (Å²) in [6.45, 7) is 2.16. The Morgan fingerprint density at radius 1 is 0.608 bits per heavy atom. The van der Waals surface area contributed by atoms with Gasteiger partial charge < -0.3 is 24.6 Å². The Morgan fingerprint density at radius 3 is 1.69 bits per heavy atom. The predicted octanol–water partition coefficient (Wildman–Crippen LogP) is 9.55. The van der Waals surface area contributed by atoms with E-state index in [9.17, 15) is 24.2 Å². The van der Waals surface area contributed by atoms with Gasteiger partial charge in [0.25, 0.3) is 0 Å². The summed E-state index contributed by atoms with van der Waals surface area (Å²) >= 11 is 0. The van der Waals surface area contributed by atoms with E-state index in [1.54, 1.807) is 0 Å². The van der Waals surface area contributed by atoms with Gasteiger partial charge in [-0.15, -0.1) is 0 Å². The lowest BCUT2D eigenvalue weighted by atomic mass is 10.1. The minimum Gasteiger partial charge on any atom is -0.462 e. The summed E-state index contributed by atoms with van der Waals surface area (Å²) in [6.07, 6.45) is 37.6. The first kappa shape index (κ1) is 48.7. The molecule has 0 fully saturated rings. The normalized spacial score (nSPS) is 14.7. The Kier molecular flexibility index (Phi) is 34.4. The van der Waals surface area contributed by atoms with Crippen LogP contribution in [-0.4, -0.2) is 65.7 Å². The van der Waals surface area contributed by atoms with E-state index < -0.39 is 51.8 Å². The van der Waals surface area contributed by atoms with Gasteiger partial charge in [-0.25, -0.2) is 4.57 Å². The molecule has 0 amide bonds. The number of carbonyl (C=O) groups excluding carboxylic acids is 2. The Hall–Kier alpha value is -2.33. The molecule has 0 heterocycles. The average Bonchev–Trinajstić information content (AvgIpc) is 3.12. The summed E-state index contributed by atoms with van der Waals surface area (Å²) in [5.41, 5.74) is 0. The monoisotopic (exact) mass is 740 g/mol. The maximum absolute atomic E-state index is 12.5. The molecule has 0 radical (unpaired) electrons. The summed E-state index contributed by atoms with van der Waals surface area (Å²) in [7, 11) is -4.63. The molecule has 0 aromatic heterocycles. The van der Waals surface area contributed by atoms with Crippen LogP contribution in [0.15, 0.2) is 60.8 Å². The highest BCUT2D eigenvalue weighted by Crippen LogP contribution is 2.43. The molecule has 0 bridgehead atoms. The van der Waals surface area contributed by atoms with Crippen LogP contribution in [0.3, 0.4) is 0 Å². The fourth-order valence-corrected chi connectivity index (χ4v) is 5.47. The van der Waals surface area contributed by atoms with Crippen LogP contribution in [-0.2, 0) is 32.7 Å². The third-order valence-electron chi connectivity index (χ3n) is 7.66. The maximum Gasteiger partial charge on any atom is 0.472 e. The average molecular weight is 741 g/mol. The van der Waals surface area contributed by atoms with Gasteiger partial charge in [-0.2, -0.15) is 0 Å². The van der Waals surface area contributed by atoms with E-state index >= 15 is 0 Å². The Bertz CT molecular complexity index is 1040. The zero-order chi connectivity index (χ0) is 37.7. The largest absolute Gasteiger partial charge is 0.472 e. The van der Waals surface area contributed by atoms with Gasteiger partial charge in [0.1, 0.15) is 12.7 Å². The fraction of sp³-hybridized carbons (Fsp3) is 0.700. The lowest BCUT2D eigenvalue weighted by Gasteiger charge is -2.20. The van der Waals surface area contributed by atoms with Crippen LogP contribution >= 0.6 is 7.82 Å². The number of aliphatic hydroxyl groups excluding tert-OH is 2. The van der Waals surface area contributed by atoms with E-state index in [2.05, 4.69) is 79.1 Å². The lowest BCUT2D eigenvalue weighted by molar-refractivity contribution is -0.161. The number of rotatable bonds is 35. The summed E-state index contributed by atoms with van der Waals surface area (Å²) < 4.78 is 32.5. The van der Waals surface area contributed by atoms with Crippen LogP contribution in [0.1, 0.15) is 142 Å². The van der Waals surface area contributed by atoms with E-state index in [0.29, 0.717) is 12.8 Å². The quantitative estimate of drug-likeness (QED) is 0.0248. The third-order valence-corrected chi connectivity index (χ3v) is 8.61. The zero-order valence-electron chi connectivity index (χ0n) is 31.5. The van der Waals surface area contributed by atoms with Crippen molar-refractivity contribution in [2.75, 3.05) is 26.4 Å². The second-order valence-corrected chi connectivity index (χ2v) is 14.0. The number of aliphatic hydroxyl groups is 2. The van der Waals surface area contributed by atoms with E-state index in [1.807, 2.05) is 0 Å². The lowest BCUT2D eigenvalue weighted by Crippen LogP contribution is -2.29. The first-order valence-electron chi connectivity index (χ1n) is 19.2. The number of allylic oxidation sites excluding steroid dienone is 10. The Morgan fingerprint density at radius 2 is 1.08 bits per heavy atom. The van der Waals surface area contributed by atoms with Crippen molar-refractivity contribution in [1.29, 1.82) is 0 Å². The molecule has 10 nitrogen and oxygen atoms in total. The molecule has 3 atom stereocenters. The van der Waals surface area contributed by atoms with Crippen molar-refractivity contribution in [1.82, 2.24) is 0 Å². The SMILES string of the molecule is CC/C=C\C/C=C\C/C=C\C/C=C\CCCCC(=O)OC[C@H](COP(=O)(O)OC[C@@H](O)CO)OC(=O)CCCCCCC/C=C\CCCCCC. The standard InChI is InChI=1S/C40H69O10P/c1-3-5-7-9-11-13-15-17-18-20-21-23-25-27-29-31-39(43)47-35-38(36-49-51(45,46)48-34-37(42)33-41)50-40(44)32-30-28-26-24-22-19-16-14-12-10-8-6-4-2/h5,7,11,13-14,16-18,21,23,37-38,41-42H,3-4,6,8-10,12,15,19-20,22,24-36H2,1-2H3,(H,45,46)/b7-5-,13-11-,16-14-,18-17-,23-21-/t37-,38+/m0/s1. The predicted molar refractivity (Wildman–Crippen MR) is 205 cm³/mol. The minimum atomic E-state index is -4.63. The van der Waals surface area contributed by atoms with Crippen LogP contribution in [0.2, 0.25) is 0 Å². The van der Waals surface area contributed by atoms with Crippen molar-refractivity contribution in [2.45, 2.75) is 154 Å². The number of esters is 2. The molecule has 0 aromatic carbocycles. The number of ether oxygens (including phenoxy) is 2. The summed E-state index contributed by atoms with van der Waals surface area (Å²) in [5.74, 6) is -0.991. The molecule has 3 N–H and O–H groups in total. The molecule has 294 valence electrons. The Labute approximate surface area is 308 Å². The number of carbonyl (C=O) groups is 2. The molecule has 0 spiro atoms. The molecule has 0 saturated carbocycles. The van der Waals surface area contributed by atoms with Gasteiger partial charge in [-0.1, -0.05) is 113 Å². The van der Waals surface area contributed by atoms with Crippen LogP contribution < -0.4 is 0 Å². The van der Waals surface area contributed by atoms with Crippen molar-refractivity contribution >= 4 is 19.8 Å². The van der Waals surface area contributed by atoms with E-state index in [0.717, 1.165) is 77.0 Å². The molecule has 0 aliphatic rings. The molecule has 11 heteroatoms. The molecular formula is C40H69O10P. The molecule has 51 heavy (non-hydrogen) atoms. The molecule has 0 aromatic rings. The second-order valence-electron chi connectivity index (χ2n) is 12.6. The van der Waals surface area contributed by atoms with Crippen LogP contribution in [0.25, 0.3) is 0 Å². The van der Waals surface area contributed by atoms with E-state index in [-0.39, 0.29) is 19.4 Å². The highest BCUT2D eigenvalue weighted by molar-refractivity contribution is 7.47. The molecule has 1 unspecified atom stereocenters. The Balaban J connectivity index is 4.46. The van der Waals surface area contributed by atoms with Gasteiger partial charge in [0.15, 0.2) is 6.10 Å². The summed E-state index contributed by atoms with van der Waals surface area (Å²) in [5, 5.41) is 18.3. The van der Waals surface area contributed by atoms with Gasteiger partial charge in [-0.05, 0) is 77.0 Å². The van der Waals surface area contributed by atoms with E-state index in [4.69, 9.17) is 19.1 Å². The molecule has 0 aliphatic carbocycles. The fourth-order valence-electron chi connectivity index (χ4n) is 4.68. The first-order chi connectivity index (χ1) is 24.7. The van der Waals surface area contributed by atoms with Crippen molar-refractivity contribution in [3.05, 3.63) is 60.8 Å². The number of unbranched alkanes of at least 4 members (excludes halogenated alkanes) is 11. The van der Waals surface area contributed by atoms with Gasteiger partial charge in [0.2, 0.25) is 0 Å². The molecule has 0 saturated heterocycles. The smallest absolute Gasteiger partial charge is 0.462 e. The van der Waals surface area contributed by atoms with Gasteiger partial charge >= 0.3 is 19.8 Å². The topological polar surface area (TPSA) is 149 Å². The van der Waals surface area contributed by atoms with Crippen LogP contribution in [0.4, 0.5) is 0 Å². The number of hydrogen-bond donors (Lipinski definition) is 3. The van der Waals surface area contributed by atoms with Crippen LogP contribution in [0.5, 0.6) is 0 Å². The van der Waals surface area contributed by atoms with Crippen LogP contribution in [0, 0.1) is 0 Å². The highest BCUT2D eigenvalue weighted by atomic mass is 31.2. The van der Waals surface area contributed by atoms with E-state index in [1.165, 1.54) is 25.7 Å². The number of phosphoric ester groups is 1. The maximum atomic E-state index is 12.5. The number of phosphoric acid groups is 1. The summed E-state index contributed by atoms with van der Waals surface area (Å²) in [4.78, 5) is 34.8. The van der Waals surface area contributed by atoms with Gasteiger partial charge in [-0.3, -0.25) is 18.6 Å². The minimum absolute atomic E-state index is 0.162. The van der Waals surface area contributed by atoms with Crippen molar-refractivity contribution < 1.29 is 47.8 Å². The van der Waals surface area contributed by atoms with Crippen molar-refractivity contribution in [2.24, 2.45) is 0 Å². The highest BCUT2D eigenvalue weighted by Gasteiger charge is 2.27. The second kappa shape index (κ2) is 36.0. The number of hydrogen-bond acceptors (Lipinski definition) is 9. The van der Waals surface area contributed by atoms with Gasteiger partial charge in [0, 0.05) is 12.8 Å². The molecular weight excluding hydrogens is 671 g/mol. The zero-order valence-corrected chi connectivity index (χ0v) is 32.4.